The number of hydrogen-bond donors (Lipinski definition) is 1. The van der Waals surface area contributed by atoms with Crippen LogP contribution in [-0.4, -0.2) is 48.8 Å². The van der Waals surface area contributed by atoms with Gasteiger partial charge >= 0.3 is 12.4 Å². The number of pyridine rings is 1. The largest absolute Gasteiger partial charge is 0.618 e. The Hall–Kier alpha value is -2.08. The van der Waals surface area contributed by atoms with Gasteiger partial charge in [-0.2, -0.15) is 31.1 Å². The van der Waals surface area contributed by atoms with Crippen LogP contribution in [-0.2, 0) is 28.7 Å². The normalized spacial score (nSPS) is 26.5. The van der Waals surface area contributed by atoms with Crippen molar-refractivity contribution < 1.29 is 40.6 Å². The number of aromatic nitrogens is 1. The van der Waals surface area contributed by atoms with E-state index in [0.29, 0.717) is 25.8 Å². The van der Waals surface area contributed by atoms with Crippen LogP contribution in [0.2, 0.25) is 0 Å². The quantitative estimate of drug-likeness (QED) is 0.395. The van der Waals surface area contributed by atoms with Crippen LogP contribution in [0.3, 0.4) is 0 Å². The molecule has 4 rings (SSSR count). The highest BCUT2D eigenvalue weighted by atomic mass is 19.4. The van der Waals surface area contributed by atoms with Gasteiger partial charge in [-0.15, -0.1) is 0 Å². The second-order valence-corrected chi connectivity index (χ2v) is 9.57. The summed E-state index contributed by atoms with van der Waals surface area (Å²) >= 11 is 0. The number of carbonyl (C=O) groups is 1. The summed E-state index contributed by atoms with van der Waals surface area (Å²) in [6.07, 6.45) is -8.22. The van der Waals surface area contributed by atoms with E-state index >= 15 is 0 Å². The lowest BCUT2D eigenvalue weighted by Crippen LogP contribution is -2.50. The lowest BCUT2D eigenvalue weighted by atomic mass is 9.80. The van der Waals surface area contributed by atoms with Crippen molar-refractivity contribution in [3.8, 4) is 0 Å². The fourth-order valence-electron chi connectivity index (χ4n) is 5.53. The molecule has 1 amide bonds. The van der Waals surface area contributed by atoms with E-state index in [0.717, 1.165) is 18.9 Å². The van der Waals surface area contributed by atoms with E-state index in [1.54, 1.807) is 0 Å². The molecular formula is C22H27F6N3O3. The van der Waals surface area contributed by atoms with Crippen molar-refractivity contribution in [2.45, 2.75) is 75.9 Å². The number of hydrogen-bond acceptors (Lipinski definition) is 4. The molecule has 1 N–H and O–H groups in total. The molecule has 3 aliphatic rings. The topological polar surface area (TPSA) is 68.5 Å². The van der Waals surface area contributed by atoms with Crippen LogP contribution in [0.25, 0.3) is 0 Å². The summed E-state index contributed by atoms with van der Waals surface area (Å²) in [7, 11) is 0. The minimum atomic E-state index is -4.75. The fraction of sp³-hybridized carbons (Fsp3) is 0.727. The van der Waals surface area contributed by atoms with Crippen LogP contribution < -0.4 is 10.0 Å². The molecule has 0 bridgehead atoms. The summed E-state index contributed by atoms with van der Waals surface area (Å²) < 4.78 is 85.6. The van der Waals surface area contributed by atoms with Crippen molar-refractivity contribution in [2.24, 2.45) is 5.41 Å². The van der Waals surface area contributed by atoms with Crippen molar-refractivity contribution in [1.82, 2.24) is 10.2 Å². The van der Waals surface area contributed by atoms with Gasteiger partial charge in [0, 0.05) is 37.4 Å². The fourth-order valence-corrected chi connectivity index (χ4v) is 5.53. The smallest absolute Gasteiger partial charge is 0.422 e. The highest BCUT2D eigenvalue weighted by Gasteiger charge is 2.53. The number of fused-ring (bicyclic) bond motifs is 1. The van der Waals surface area contributed by atoms with Gasteiger partial charge in [-0.3, -0.25) is 4.79 Å². The standard InChI is InChI=1S/C22H27F6N3O3/c23-21(24,25)13-20(5-1-17(10-20)29-16-3-7-34-8-4-16)19(32)30-6-2-18-14(11-30)9-15(12-31(18)33)22(26,27)28/h9,12,16-17,29H,1-8,10-11,13H2/t17-,20+/m1/s1. The first kappa shape index (κ1) is 25.0. The highest BCUT2D eigenvalue weighted by Crippen LogP contribution is 2.48. The molecule has 34 heavy (non-hydrogen) atoms. The average Bonchev–Trinajstić information content (AvgIpc) is 3.14. The molecule has 6 nitrogen and oxygen atoms in total. The Balaban J connectivity index is 1.54. The number of rotatable bonds is 4. The number of ether oxygens (including phenoxy) is 1. The molecule has 0 unspecified atom stereocenters. The van der Waals surface area contributed by atoms with Crippen LogP contribution in [0.15, 0.2) is 12.3 Å². The average molecular weight is 495 g/mol. The first-order chi connectivity index (χ1) is 15.9. The van der Waals surface area contributed by atoms with Crippen molar-refractivity contribution in [3.63, 3.8) is 0 Å². The molecule has 1 aromatic rings. The number of alkyl halides is 6. The van der Waals surface area contributed by atoms with Gasteiger partial charge in [-0.05, 0) is 38.2 Å². The third-order valence-corrected chi connectivity index (χ3v) is 7.11. The van der Waals surface area contributed by atoms with Crippen molar-refractivity contribution in [3.05, 3.63) is 34.3 Å². The van der Waals surface area contributed by atoms with Gasteiger partial charge in [0.15, 0.2) is 11.9 Å². The molecule has 2 fully saturated rings. The van der Waals surface area contributed by atoms with Crippen molar-refractivity contribution in [1.29, 1.82) is 0 Å². The maximum Gasteiger partial charge on any atom is 0.422 e. The molecule has 0 radical (unpaired) electrons. The van der Waals surface area contributed by atoms with Gasteiger partial charge in [0.05, 0.1) is 24.8 Å². The second-order valence-electron chi connectivity index (χ2n) is 9.57. The van der Waals surface area contributed by atoms with Gasteiger partial charge in [0.25, 0.3) is 0 Å². The molecule has 1 saturated heterocycles. The monoisotopic (exact) mass is 495 g/mol. The first-order valence-electron chi connectivity index (χ1n) is 11.4. The molecule has 0 spiro atoms. The number of nitrogens with zero attached hydrogens (tertiary/aromatic N) is 2. The van der Waals surface area contributed by atoms with Crippen molar-refractivity contribution >= 4 is 5.91 Å². The predicted molar refractivity (Wildman–Crippen MR) is 107 cm³/mol. The summed E-state index contributed by atoms with van der Waals surface area (Å²) in [6.45, 7) is 0.808. The Kier molecular flexibility index (Phi) is 6.75. The zero-order valence-corrected chi connectivity index (χ0v) is 18.5. The Labute approximate surface area is 192 Å². The van der Waals surface area contributed by atoms with Gasteiger partial charge in [-0.25, -0.2) is 0 Å². The highest BCUT2D eigenvalue weighted by molar-refractivity contribution is 5.83. The molecule has 12 heteroatoms. The number of nitrogens with one attached hydrogen (secondary N) is 1. The van der Waals surface area contributed by atoms with E-state index in [-0.39, 0.29) is 60.4 Å². The maximum atomic E-state index is 13.6. The molecule has 2 aliphatic heterocycles. The molecule has 2 atom stereocenters. The Morgan fingerprint density at radius 3 is 2.53 bits per heavy atom. The van der Waals surface area contributed by atoms with E-state index in [1.165, 1.54) is 4.90 Å². The molecule has 3 heterocycles. The van der Waals surface area contributed by atoms with Crippen molar-refractivity contribution in [2.75, 3.05) is 19.8 Å². The molecule has 1 saturated carbocycles. The summed E-state index contributed by atoms with van der Waals surface area (Å²) in [4.78, 5) is 14.7. The Morgan fingerprint density at radius 2 is 1.88 bits per heavy atom. The van der Waals surface area contributed by atoms with E-state index in [1.807, 2.05) is 0 Å². The minimum absolute atomic E-state index is 0.0101. The number of carbonyl (C=O) groups excluding carboxylic acids is 1. The van der Waals surface area contributed by atoms with Gasteiger partial charge in [-0.1, -0.05) is 0 Å². The lowest BCUT2D eigenvalue weighted by molar-refractivity contribution is -0.616. The molecule has 1 aromatic heterocycles. The molecule has 1 aliphatic carbocycles. The van der Waals surface area contributed by atoms with E-state index < -0.39 is 35.7 Å². The summed E-state index contributed by atoms with van der Waals surface area (Å²) in [6, 6.07) is 0.668. The van der Waals surface area contributed by atoms with Crippen LogP contribution in [0, 0.1) is 10.6 Å². The van der Waals surface area contributed by atoms with Crippen LogP contribution in [0.5, 0.6) is 0 Å². The van der Waals surface area contributed by atoms with Gasteiger partial charge < -0.3 is 20.2 Å². The Bertz CT molecular complexity index is 916. The van der Waals surface area contributed by atoms with E-state index in [4.69, 9.17) is 4.74 Å². The lowest BCUT2D eigenvalue weighted by Gasteiger charge is -2.37. The SMILES string of the molecule is O=C(N1CCc2c(cc(C(F)(F)F)c[n+]2[O-])C1)[C@@]1(CC(F)(F)F)CC[C@@H](NC2CCOCC2)C1. The molecule has 190 valence electrons. The number of halogens is 6. The van der Waals surface area contributed by atoms with E-state index in [9.17, 15) is 36.3 Å². The minimum Gasteiger partial charge on any atom is -0.618 e. The summed E-state index contributed by atoms with van der Waals surface area (Å²) in [5.41, 5.74) is -2.70. The third kappa shape index (κ3) is 5.42. The van der Waals surface area contributed by atoms with Gasteiger partial charge in [0.2, 0.25) is 5.91 Å². The van der Waals surface area contributed by atoms with Crippen LogP contribution in [0.4, 0.5) is 26.3 Å². The molecule has 0 aromatic carbocycles. The third-order valence-electron chi connectivity index (χ3n) is 7.11. The Morgan fingerprint density at radius 1 is 1.18 bits per heavy atom. The molecular weight excluding hydrogens is 468 g/mol. The number of amides is 1. The predicted octanol–water partition coefficient (Wildman–Crippen LogP) is 3.48. The zero-order chi connectivity index (χ0) is 24.7. The first-order valence-corrected chi connectivity index (χ1v) is 11.4. The maximum absolute atomic E-state index is 13.6. The van der Waals surface area contributed by atoms with Crippen LogP contribution in [0.1, 0.15) is 55.3 Å². The zero-order valence-electron chi connectivity index (χ0n) is 18.5. The van der Waals surface area contributed by atoms with Crippen LogP contribution >= 0.6 is 0 Å². The second kappa shape index (κ2) is 9.18. The summed E-state index contributed by atoms with van der Waals surface area (Å²) in [5.74, 6) is -0.707. The van der Waals surface area contributed by atoms with Gasteiger partial charge in [0.1, 0.15) is 5.56 Å². The summed E-state index contributed by atoms with van der Waals surface area (Å²) in [5, 5.41) is 15.5. The van der Waals surface area contributed by atoms with E-state index in [2.05, 4.69) is 5.32 Å².